The van der Waals surface area contributed by atoms with E-state index in [1.165, 1.54) is 12.8 Å². The summed E-state index contributed by atoms with van der Waals surface area (Å²) in [6.07, 6.45) is 8.03. The highest BCUT2D eigenvalue weighted by Gasteiger charge is 2.27. The number of hydrogen-bond acceptors (Lipinski definition) is 3. The number of nitrogens with zero attached hydrogens (tertiary/aromatic N) is 3. The van der Waals surface area contributed by atoms with Gasteiger partial charge in [0.05, 0.1) is 6.33 Å². The van der Waals surface area contributed by atoms with Crippen LogP contribution >= 0.6 is 0 Å². The fourth-order valence-corrected chi connectivity index (χ4v) is 2.48. The zero-order valence-electron chi connectivity index (χ0n) is 10.3. The smallest absolute Gasteiger partial charge is 0.274 e. The fraction of sp³-hybridized carbons (Fsp3) is 0.667. The summed E-state index contributed by atoms with van der Waals surface area (Å²) in [6, 6.07) is 0.355. The van der Waals surface area contributed by atoms with Gasteiger partial charge in [0.1, 0.15) is 5.69 Å². The number of imidazole rings is 1. The molecule has 0 aromatic carbocycles. The molecule has 1 aromatic heterocycles. The van der Waals surface area contributed by atoms with Crippen molar-refractivity contribution in [2.24, 2.45) is 12.8 Å². The van der Waals surface area contributed by atoms with Gasteiger partial charge in [-0.15, -0.1) is 0 Å². The van der Waals surface area contributed by atoms with Gasteiger partial charge in [-0.1, -0.05) is 12.8 Å². The van der Waals surface area contributed by atoms with Crippen LogP contribution in [0.5, 0.6) is 0 Å². The summed E-state index contributed by atoms with van der Waals surface area (Å²) in [6.45, 7) is 1.13. The molecule has 1 amide bonds. The molecule has 1 aliphatic carbocycles. The van der Waals surface area contributed by atoms with Crippen LogP contribution < -0.4 is 5.73 Å². The molecule has 2 rings (SSSR count). The monoisotopic (exact) mass is 236 g/mol. The van der Waals surface area contributed by atoms with E-state index >= 15 is 0 Å². The molecule has 1 fully saturated rings. The van der Waals surface area contributed by atoms with E-state index in [2.05, 4.69) is 4.98 Å². The Hall–Kier alpha value is -1.36. The number of aryl methyl sites for hydroxylation is 1. The summed E-state index contributed by atoms with van der Waals surface area (Å²) in [5, 5.41) is 0. The number of aromatic nitrogens is 2. The molecule has 0 radical (unpaired) electrons. The summed E-state index contributed by atoms with van der Waals surface area (Å²) in [4.78, 5) is 18.3. The van der Waals surface area contributed by atoms with Crippen molar-refractivity contribution in [2.75, 3.05) is 13.1 Å². The molecule has 1 aromatic rings. The molecule has 1 saturated carbocycles. The van der Waals surface area contributed by atoms with Crippen molar-refractivity contribution in [3.05, 3.63) is 18.2 Å². The largest absolute Gasteiger partial charge is 0.340 e. The maximum atomic E-state index is 12.3. The predicted octanol–water partition coefficient (Wildman–Crippen LogP) is 0.764. The van der Waals surface area contributed by atoms with Gasteiger partial charge >= 0.3 is 0 Å². The van der Waals surface area contributed by atoms with Crippen molar-refractivity contribution in [3.8, 4) is 0 Å². The van der Waals surface area contributed by atoms with Gasteiger partial charge in [0.15, 0.2) is 0 Å². The normalized spacial score (nSPS) is 16.4. The molecule has 0 spiro atoms. The van der Waals surface area contributed by atoms with Crippen LogP contribution in [0.25, 0.3) is 0 Å². The van der Waals surface area contributed by atoms with Crippen LogP contribution in [0.3, 0.4) is 0 Å². The highest BCUT2D eigenvalue weighted by molar-refractivity contribution is 5.92. The summed E-state index contributed by atoms with van der Waals surface area (Å²) < 4.78 is 1.79. The van der Waals surface area contributed by atoms with Gasteiger partial charge in [-0.25, -0.2) is 4.98 Å². The van der Waals surface area contributed by atoms with E-state index in [9.17, 15) is 4.79 Å². The standard InChI is InChI=1S/C12H20N4O/c1-15-8-11(14-9-15)12(17)16(7-6-13)10-4-2-3-5-10/h8-10H,2-7,13H2,1H3. The van der Waals surface area contributed by atoms with E-state index in [0.717, 1.165) is 12.8 Å². The maximum absolute atomic E-state index is 12.3. The van der Waals surface area contributed by atoms with Crippen LogP contribution in [-0.4, -0.2) is 39.5 Å². The summed E-state index contributed by atoms with van der Waals surface area (Å²) in [5.74, 6) is 0.0166. The van der Waals surface area contributed by atoms with E-state index in [1.807, 2.05) is 11.9 Å². The molecule has 94 valence electrons. The van der Waals surface area contributed by atoms with Gasteiger partial charge < -0.3 is 15.2 Å². The first-order chi connectivity index (χ1) is 8.22. The average Bonchev–Trinajstić information content (AvgIpc) is 2.95. The second kappa shape index (κ2) is 5.31. The molecule has 0 unspecified atom stereocenters. The van der Waals surface area contributed by atoms with Crippen LogP contribution in [0.4, 0.5) is 0 Å². The first kappa shape index (κ1) is 12.1. The summed E-state index contributed by atoms with van der Waals surface area (Å²) in [5.41, 5.74) is 6.12. The minimum Gasteiger partial charge on any atom is -0.340 e. The Kier molecular flexibility index (Phi) is 3.78. The Morgan fingerprint density at radius 1 is 1.59 bits per heavy atom. The Morgan fingerprint density at radius 3 is 2.82 bits per heavy atom. The van der Waals surface area contributed by atoms with Crippen molar-refractivity contribution in [1.29, 1.82) is 0 Å². The summed E-state index contributed by atoms with van der Waals surface area (Å²) >= 11 is 0. The third-order valence-corrected chi connectivity index (χ3v) is 3.32. The first-order valence-corrected chi connectivity index (χ1v) is 6.21. The second-order valence-electron chi connectivity index (χ2n) is 4.65. The summed E-state index contributed by atoms with van der Waals surface area (Å²) in [7, 11) is 1.87. The van der Waals surface area contributed by atoms with E-state index in [-0.39, 0.29) is 5.91 Å². The zero-order chi connectivity index (χ0) is 12.3. The van der Waals surface area contributed by atoms with Gasteiger partial charge in [0, 0.05) is 32.4 Å². The van der Waals surface area contributed by atoms with Crippen molar-refractivity contribution in [1.82, 2.24) is 14.5 Å². The van der Waals surface area contributed by atoms with Crippen molar-refractivity contribution in [2.45, 2.75) is 31.7 Å². The fourth-order valence-electron chi connectivity index (χ4n) is 2.48. The molecule has 5 nitrogen and oxygen atoms in total. The first-order valence-electron chi connectivity index (χ1n) is 6.21. The van der Waals surface area contributed by atoms with Crippen LogP contribution in [0.1, 0.15) is 36.2 Å². The Labute approximate surface area is 102 Å². The van der Waals surface area contributed by atoms with Crippen LogP contribution in [0.15, 0.2) is 12.5 Å². The zero-order valence-corrected chi connectivity index (χ0v) is 10.3. The molecule has 1 aliphatic rings. The van der Waals surface area contributed by atoms with Crippen LogP contribution in [0, 0.1) is 0 Å². The van der Waals surface area contributed by atoms with E-state index < -0.39 is 0 Å². The van der Waals surface area contributed by atoms with Crippen LogP contribution in [-0.2, 0) is 7.05 Å². The number of rotatable bonds is 4. The van der Waals surface area contributed by atoms with Gasteiger partial charge in [-0.05, 0) is 12.8 Å². The molecule has 0 saturated heterocycles. The molecule has 1 heterocycles. The van der Waals surface area contributed by atoms with Crippen LogP contribution in [0.2, 0.25) is 0 Å². The lowest BCUT2D eigenvalue weighted by atomic mass is 10.2. The Bertz CT molecular complexity index is 382. The van der Waals surface area contributed by atoms with Crippen molar-refractivity contribution >= 4 is 5.91 Å². The minimum absolute atomic E-state index is 0.0166. The molecule has 2 N–H and O–H groups in total. The van der Waals surface area contributed by atoms with E-state index in [4.69, 9.17) is 5.73 Å². The Balaban J connectivity index is 2.12. The quantitative estimate of drug-likeness (QED) is 0.839. The molecule has 0 bridgehead atoms. The third kappa shape index (κ3) is 2.66. The number of nitrogens with two attached hydrogens (primary N) is 1. The SMILES string of the molecule is Cn1cnc(C(=O)N(CCN)C2CCCC2)c1. The third-order valence-electron chi connectivity index (χ3n) is 3.32. The lowest BCUT2D eigenvalue weighted by Gasteiger charge is -2.27. The number of carbonyl (C=O) groups excluding carboxylic acids is 1. The maximum Gasteiger partial charge on any atom is 0.274 e. The highest BCUT2D eigenvalue weighted by atomic mass is 16.2. The molecular weight excluding hydrogens is 216 g/mol. The van der Waals surface area contributed by atoms with Crippen molar-refractivity contribution in [3.63, 3.8) is 0 Å². The molecule has 17 heavy (non-hydrogen) atoms. The second-order valence-corrected chi connectivity index (χ2v) is 4.65. The van der Waals surface area contributed by atoms with Gasteiger partial charge in [-0.2, -0.15) is 0 Å². The topological polar surface area (TPSA) is 64.2 Å². The molecule has 0 atom stereocenters. The van der Waals surface area contributed by atoms with Crippen molar-refractivity contribution < 1.29 is 4.79 Å². The molecular formula is C12H20N4O. The predicted molar refractivity (Wildman–Crippen MR) is 65.6 cm³/mol. The highest BCUT2D eigenvalue weighted by Crippen LogP contribution is 2.24. The number of hydrogen-bond donors (Lipinski definition) is 1. The molecule has 0 aliphatic heterocycles. The number of carbonyl (C=O) groups is 1. The van der Waals surface area contributed by atoms with Gasteiger partial charge in [0.2, 0.25) is 0 Å². The average molecular weight is 236 g/mol. The molecule has 5 heteroatoms. The van der Waals surface area contributed by atoms with E-state index in [1.54, 1.807) is 17.1 Å². The lowest BCUT2D eigenvalue weighted by Crippen LogP contribution is -2.42. The Morgan fingerprint density at radius 2 is 2.29 bits per heavy atom. The number of amides is 1. The minimum atomic E-state index is 0.0166. The lowest BCUT2D eigenvalue weighted by molar-refractivity contribution is 0.0682. The van der Waals surface area contributed by atoms with Gasteiger partial charge in [-0.3, -0.25) is 4.79 Å². The van der Waals surface area contributed by atoms with Gasteiger partial charge in [0.25, 0.3) is 5.91 Å². The van der Waals surface area contributed by atoms with E-state index in [0.29, 0.717) is 24.8 Å².